The van der Waals surface area contributed by atoms with Crippen LogP contribution in [0.1, 0.15) is 68.7 Å². The lowest BCUT2D eigenvalue weighted by atomic mass is 9.84. The Bertz CT molecular complexity index is 391. The normalized spacial score (nSPS) is 24.9. The van der Waals surface area contributed by atoms with E-state index in [4.69, 9.17) is 0 Å². The smallest absolute Gasteiger partial charge is 0.0771 e. The Morgan fingerprint density at radius 3 is 2.60 bits per heavy atom. The SMILES string of the molecule is OC1(CNC(c2cccs2)C2CCCC2)CCCCC1. The monoisotopic (exact) mass is 293 g/mol. The molecule has 1 heterocycles. The van der Waals surface area contributed by atoms with E-state index in [0.29, 0.717) is 6.04 Å². The second-order valence-electron chi connectivity index (χ2n) is 6.70. The Hall–Kier alpha value is -0.380. The van der Waals surface area contributed by atoms with E-state index in [1.54, 1.807) is 0 Å². The Morgan fingerprint density at radius 1 is 1.20 bits per heavy atom. The van der Waals surface area contributed by atoms with Gasteiger partial charge in [-0.15, -0.1) is 11.3 Å². The molecule has 2 N–H and O–H groups in total. The molecule has 0 amide bonds. The van der Waals surface area contributed by atoms with Crippen LogP contribution in [-0.2, 0) is 0 Å². The minimum atomic E-state index is -0.452. The summed E-state index contributed by atoms with van der Waals surface area (Å²) in [5.74, 6) is 0.765. The lowest BCUT2D eigenvalue weighted by Crippen LogP contribution is -2.44. The number of hydrogen-bond donors (Lipinski definition) is 2. The molecule has 0 bridgehead atoms. The van der Waals surface area contributed by atoms with Gasteiger partial charge in [-0.2, -0.15) is 0 Å². The van der Waals surface area contributed by atoms with E-state index in [9.17, 15) is 5.11 Å². The van der Waals surface area contributed by atoms with Crippen molar-refractivity contribution in [3.8, 4) is 0 Å². The third-order valence-corrected chi connectivity index (χ3v) is 6.11. The predicted octanol–water partition coefficient (Wildman–Crippen LogP) is 4.26. The van der Waals surface area contributed by atoms with Gasteiger partial charge in [0, 0.05) is 17.5 Å². The molecule has 0 spiro atoms. The maximum absolute atomic E-state index is 10.7. The fourth-order valence-corrected chi connectivity index (χ4v) is 4.84. The van der Waals surface area contributed by atoms with Crippen LogP contribution in [-0.4, -0.2) is 17.3 Å². The van der Waals surface area contributed by atoms with Crippen molar-refractivity contribution in [3.63, 3.8) is 0 Å². The topological polar surface area (TPSA) is 32.3 Å². The fourth-order valence-electron chi connectivity index (χ4n) is 3.95. The van der Waals surface area contributed by atoms with Crippen molar-refractivity contribution in [2.75, 3.05) is 6.54 Å². The molecule has 1 unspecified atom stereocenters. The highest BCUT2D eigenvalue weighted by molar-refractivity contribution is 7.10. The standard InChI is InChI=1S/C17H27NOS/c19-17(10-4-1-5-11-17)13-18-16(14-7-2-3-8-14)15-9-6-12-20-15/h6,9,12,14,16,18-19H,1-5,7-8,10-11,13H2. The number of hydrogen-bond acceptors (Lipinski definition) is 3. The number of thiophene rings is 1. The average Bonchev–Trinajstić information content (AvgIpc) is 3.13. The van der Waals surface area contributed by atoms with Crippen molar-refractivity contribution in [1.82, 2.24) is 5.32 Å². The molecule has 0 radical (unpaired) electrons. The summed E-state index contributed by atoms with van der Waals surface area (Å²) in [6, 6.07) is 4.87. The summed E-state index contributed by atoms with van der Waals surface area (Å²) in [7, 11) is 0. The van der Waals surface area contributed by atoms with Gasteiger partial charge < -0.3 is 10.4 Å². The maximum atomic E-state index is 10.7. The number of rotatable bonds is 5. The van der Waals surface area contributed by atoms with Gasteiger partial charge in [-0.3, -0.25) is 0 Å². The maximum Gasteiger partial charge on any atom is 0.0771 e. The molecule has 3 heteroatoms. The van der Waals surface area contributed by atoms with E-state index in [-0.39, 0.29) is 0 Å². The predicted molar refractivity (Wildman–Crippen MR) is 85.1 cm³/mol. The van der Waals surface area contributed by atoms with Crippen LogP contribution in [0, 0.1) is 5.92 Å². The zero-order chi connectivity index (χ0) is 13.8. The molecule has 1 aromatic heterocycles. The van der Waals surface area contributed by atoms with Gasteiger partial charge in [-0.1, -0.05) is 38.2 Å². The van der Waals surface area contributed by atoms with Gasteiger partial charge in [0.05, 0.1) is 5.60 Å². The van der Waals surface area contributed by atoms with Crippen molar-refractivity contribution < 1.29 is 5.11 Å². The Labute approximate surface area is 126 Å². The molecule has 112 valence electrons. The zero-order valence-electron chi connectivity index (χ0n) is 12.3. The Balaban J connectivity index is 1.64. The molecular formula is C17H27NOS. The first-order valence-corrected chi connectivity index (χ1v) is 9.14. The summed E-state index contributed by atoms with van der Waals surface area (Å²) < 4.78 is 0. The van der Waals surface area contributed by atoms with Crippen LogP contribution in [0.5, 0.6) is 0 Å². The van der Waals surface area contributed by atoms with E-state index in [1.165, 1.54) is 49.8 Å². The first kappa shape index (κ1) is 14.6. The van der Waals surface area contributed by atoms with E-state index in [0.717, 1.165) is 25.3 Å². The lowest BCUT2D eigenvalue weighted by molar-refractivity contribution is 0.00108. The van der Waals surface area contributed by atoms with Crippen molar-refractivity contribution in [2.45, 2.75) is 69.4 Å². The van der Waals surface area contributed by atoms with Crippen molar-refractivity contribution in [1.29, 1.82) is 0 Å². The largest absolute Gasteiger partial charge is 0.389 e. The molecule has 0 aromatic carbocycles. The summed E-state index contributed by atoms with van der Waals surface area (Å²) >= 11 is 1.86. The molecule has 2 aliphatic carbocycles. The first-order valence-electron chi connectivity index (χ1n) is 8.26. The second kappa shape index (κ2) is 6.59. The highest BCUT2D eigenvalue weighted by Gasteiger charge is 2.32. The molecule has 1 aromatic rings. The van der Waals surface area contributed by atoms with E-state index in [1.807, 2.05) is 11.3 Å². The number of nitrogens with one attached hydrogen (secondary N) is 1. The van der Waals surface area contributed by atoms with Crippen LogP contribution >= 0.6 is 11.3 Å². The van der Waals surface area contributed by atoms with Crippen LogP contribution in [0.15, 0.2) is 17.5 Å². The second-order valence-corrected chi connectivity index (χ2v) is 7.68. The molecule has 0 saturated heterocycles. The van der Waals surface area contributed by atoms with Crippen LogP contribution in [0.2, 0.25) is 0 Å². The van der Waals surface area contributed by atoms with Crippen LogP contribution in [0.4, 0.5) is 0 Å². The summed E-state index contributed by atoms with van der Waals surface area (Å²) in [6.07, 6.45) is 11.0. The van der Waals surface area contributed by atoms with Gasteiger partial charge in [0.2, 0.25) is 0 Å². The summed E-state index contributed by atoms with van der Waals surface area (Å²) in [5.41, 5.74) is -0.452. The van der Waals surface area contributed by atoms with Gasteiger partial charge in [0.1, 0.15) is 0 Å². The number of aliphatic hydroxyl groups is 1. The molecule has 2 saturated carbocycles. The zero-order valence-corrected chi connectivity index (χ0v) is 13.1. The molecule has 2 nitrogen and oxygen atoms in total. The van der Waals surface area contributed by atoms with Crippen molar-refractivity contribution in [2.24, 2.45) is 5.92 Å². The van der Waals surface area contributed by atoms with Crippen LogP contribution < -0.4 is 5.32 Å². The Morgan fingerprint density at radius 2 is 1.95 bits per heavy atom. The van der Waals surface area contributed by atoms with Crippen molar-refractivity contribution in [3.05, 3.63) is 22.4 Å². The lowest BCUT2D eigenvalue weighted by Gasteiger charge is -2.35. The average molecular weight is 293 g/mol. The molecule has 20 heavy (non-hydrogen) atoms. The van der Waals surface area contributed by atoms with Gasteiger partial charge >= 0.3 is 0 Å². The molecule has 2 aliphatic rings. The summed E-state index contributed by atoms with van der Waals surface area (Å²) in [4.78, 5) is 1.45. The van der Waals surface area contributed by atoms with Crippen molar-refractivity contribution >= 4 is 11.3 Å². The van der Waals surface area contributed by atoms with Gasteiger partial charge in [0.25, 0.3) is 0 Å². The van der Waals surface area contributed by atoms with E-state index < -0.39 is 5.60 Å². The summed E-state index contributed by atoms with van der Waals surface area (Å²) in [6.45, 7) is 0.770. The van der Waals surface area contributed by atoms with E-state index in [2.05, 4.69) is 22.8 Å². The molecular weight excluding hydrogens is 266 g/mol. The Kier molecular flexibility index (Phi) is 4.79. The third-order valence-electron chi connectivity index (χ3n) is 5.16. The highest BCUT2D eigenvalue weighted by atomic mass is 32.1. The highest BCUT2D eigenvalue weighted by Crippen LogP contribution is 2.38. The van der Waals surface area contributed by atoms with Crippen LogP contribution in [0.3, 0.4) is 0 Å². The quantitative estimate of drug-likeness (QED) is 0.850. The summed E-state index contributed by atoms with van der Waals surface area (Å²) in [5, 5.41) is 16.6. The molecule has 2 fully saturated rings. The van der Waals surface area contributed by atoms with Crippen LogP contribution in [0.25, 0.3) is 0 Å². The fraction of sp³-hybridized carbons (Fsp3) is 0.765. The molecule has 3 rings (SSSR count). The van der Waals surface area contributed by atoms with Gasteiger partial charge in [-0.05, 0) is 43.0 Å². The first-order chi connectivity index (χ1) is 9.77. The minimum absolute atomic E-state index is 0.452. The molecule has 0 aliphatic heterocycles. The van der Waals surface area contributed by atoms with Gasteiger partial charge in [0.15, 0.2) is 0 Å². The van der Waals surface area contributed by atoms with Gasteiger partial charge in [-0.25, -0.2) is 0 Å². The molecule has 1 atom stereocenters. The van der Waals surface area contributed by atoms with E-state index >= 15 is 0 Å². The third kappa shape index (κ3) is 3.44. The minimum Gasteiger partial charge on any atom is -0.389 e.